The zero-order valence-electron chi connectivity index (χ0n) is 12.4. The van der Waals surface area contributed by atoms with E-state index in [9.17, 15) is 14.4 Å². The van der Waals surface area contributed by atoms with Crippen molar-refractivity contribution in [2.75, 3.05) is 34.5 Å². The Morgan fingerprint density at radius 1 is 0.864 bits per heavy atom. The highest BCUT2D eigenvalue weighted by molar-refractivity contribution is 5.93. The zero-order valence-corrected chi connectivity index (χ0v) is 12.4. The third kappa shape index (κ3) is 4.97. The van der Waals surface area contributed by atoms with Crippen molar-refractivity contribution in [3.8, 4) is 11.5 Å². The molecule has 0 aromatic heterocycles. The largest absolute Gasteiger partial charge is 0.482 e. The molecular formula is C14H16O8. The molecule has 1 rings (SSSR count). The molecule has 1 aromatic rings. The van der Waals surface area contributed by atoms with Gasteiger partial charge in [0.05, 0.1) is 21.3 Å². The molecule has 0 aliphatic heterocycles. The summed E-state index contributed by atoms with van der Waals surface area (Å²) in [5.41, 5.74) is 0.0498. The van der Waals surface area contributed by atoms with Crippen LogP contribution in [-0.4, -0.2) is 52.5 Å². The summed E-state index contributed by atoms with van der Waals surface area (Å²) in [7, 11) is 3.65. The van der Waals surface area contributed by atoms with Crippen molar-refractivity contribution >= 4 is 17.9 Å². The lowest BCUT2D eigenvalue weighted by molar-refractivity contribution is -0.143. The highest BCUT2D eigenvalue weighted by Crippen LogP contribution is 2.25. The highest BCUT2D eigenvalue weighted by atomic mass is 16.6. The fourth-order valence-electron chi connectivity index (χ4n) is 1.39. The van der Waals surface area contributed by atoms with Crippen molar-refractivity contribution in [3.63, 3.8) is 0 Å². The molecule has 8 heteroatoms. The molecule has 120 valence electrons. The predicted octanol–water partition coefficient (Wildman–Crippen LogP) is 0.577. The second kappa shape index (κ2) is 8.50. The molecule has 8 nitrogen and oxygen atoms in total. The Morgan fingerprint density at radius 3 is 2.00 bits per heavy atom. The van der Waals surface area contributed by atoms with Crippen LogP contribution in [0.5, 0.6) is 11.5 Å². The first-order valence-electron chi connectivity index (χ1n) is 6.13. The van der Waals surface area contributed by atoms with E-state index >= 15 is 0 Å². The van der Waals surface area contributed by atoms with E-state index in [0.717, 1.165) is 0 Å². The van der Waals surface area contributed by atoms with Crippen LogP contribution in [0.25, 0.3) is 0 Å². The minimum Gasteiger partial charge on any atom is -0.482 e. The third-order valence-corrected chi connectivity index (χ3v) is 2.51. The molecule has 1 aromatic carbocycles. The summed E-state index contributed by atoms with van der Waals surface area (Å²) < 4.78 is 23.9. The quantitative estimate of drug-likeness (QED) is 0.532. The van der Waals surface area contributed by atoms with Gasteiger partial charge < -0.3 is 23.7 Å². The number of rotatable bonds is 7. The molecule has 0 unspecified atom stereocenters. The fourth-order valence-corrected chi connectivity index (χ4v) is 1.39. The van der Waals surface area contributed by atoms with Gasteiger partial charge in [-0.1, -0.05) is 0 Å². The lowest BCUT2D eigenvalue weighted by Crippen LogP contribution is -2.15. The average molecular weight is 312 g/mol. The third-order valence-electron chi connectivity index (χ3n) is 2.51. The van der Waals surface area contributed by atoms with Crippen molar-refractivity contribution in [1.82, 2.24) is 0 Å². The van der Waals surface area contributed by atoms with Gasteiger partial charge in [-0.15, -0.1) is 0 Å². The number of hydrogen-bond donors (Lipinski definition) is 0. The maximum absolute atomic E-state index is 11.7. The van der Waals surface area contributed by atoms with Gasteiger partial charge in [0.2, 0.25) is 0 Å². The maximum atomic E-state index is 11.7. The molecule has 0 amide bonds. The number of methoxy groups -OCH3 is 3. The Hall–Kier alpha value is -2.77. The number of carbonyl (C=O) groups excluding carboxylic acids is 3. The molecule has 0 radical (unpaired) electrons. The lowest BCUT2D eigenvalue weighted by Gasteiger charge is -2.11. The highest BCUT2D eigenvalue weighted by Gasteiger charge is 2.16. The molecule has 0 aliphatic rings. The van der Waals surface area contributed by atoms with Gasteiger partial charge >= 0.3 is 17.9 Å². The summed E-state index contributed by atoms with van der Waals surface area (Å²) in [4.78, 5) is 33.8. The maximum Gasteiger partial charge on any atom is 0.343 e. The molecule has 0 saturated heterocycles. The minimum absolute atomic E-state index is 0.0498. The average Bonchev–Trinajstić information content (AvgIpc) is 2.56. The van der Waals surface area contributed by atoms with Gasteiger partial charge in [0.15, 0.2) is 13.2 Å². The minimum atomic E-state index is -0.677. The smallest absolute Gasteiger partial charge is 0.343 e. The standard InChI is InChI=1S/C14H16O8/c1-18-12(15)7-21-9-4-5-11(22-8-13(16)19-2)10(6-9)14(17)20-3/h4-6H,7-8H2,1-3H3. The number of ether oxygens (including phenoxy) is 5. The van der Waals surface area contributed by atoms with Crippen molar-refractivity contribution < 1.29 is 38.1 Å². The summed E-state index contributed by atoms with van der Waals surface area (Å²) in [5, 5.41) is 0. The van der Waals surface area contributed by atoms with Crippen LogP contribution in [0.1, 0.15) is 10.4 Å². The first kappa shape index (κ1) is 17.3. The van der Waals surface area contributed by atoms with Crippen molar-refractivity contribution in [3.05, 3.63) is 23.8 Å². The number of benzene rings is 1. The molecule has 0 spiro atoms. The van der Waals surface area contributed by atoms with Crippen LogP contribution in [0, 0.1) is 0 Å². The molecule has 0 saturated carbocycles. The van der Waals surface area contributed by atoms with Crippen LogP contribution in [0.2, 0.25) is 0 Å². The SMILES string of the molecule is COC(=O)COc1ccc(OCC(=O)OC)c(C(=O)OC)c1. The Kier molecular flexibility index (Phi) is 6.68. The van der Waals surface area contributed by atoms with Crippen molar-refractivity contribution in [1.29, 1.82) is 0 Å². The molecule has 0 heterocycles. The topological polar surface area (TPSA) is 97.4 Å². The summed E-state index contributed by atoms with van der Waals surface area (Å²) in [6.07, 6.45) is 0. The first-order chi connectivity index (χ1) is 10.5. The van der Waals surface area contributed by atoms with Gasteiger partial charge in [0.1, 0.15) is 17.1 Å². The van der Waals surface area contributed by atoms with Crippen LogP contribution in [0.4, 0.5) is 0 Å². The van der Waals surface area contributed by atoms with Crippen LogP contribution < -0.4 is 9.47 Å². The Morgan fingerprint density at radius 2 is 1.45 bits per heavy atom. The Balaban J connectivity index is 2.90. The number of esters is 3. The van der Waals surface area contributed by atoms with Gasteiger partial charge in [0, 0.05) is 0 Å². The molecule has 0 aliphatic carbocycles. The summed E-state index contributed by atoms with van der Waals surface area (Å²) in [6.45, 7) is -0.664. The molecule has 0 fully saturated rings. The van der Waals surface area contributed by atoms with Crippen LogP contribution >= 0.6 is 0 Å². The van der Waals surface area contributed by atoms with Crippen LogP contribution in [-0.2, 0) is 23.8 Å². The van der Waals surface area contributed by atoms with Crippen molar-refractivity contribution in [2.24, 2.45) is 0 Å². The first-order valence-corrected chi connectivity index (χ1v) is 6.13. The molecule has 0 N–H and O–H groups in total. The van der Waals surface area contributed by atoms with Crippen molar-refractivity contribution in [2.45, 2.75) is 0 Å². The van der Waals surface area contributed by atoms with E-state index in [-0.39, 0.29) is 30.3 Å². The van der Waals surface area contributed by atoms with E-state index in [2.05, 4.69) is 14.2 Å². The van der Waals surface area contributed by atoms with Gasteiger partial charge in [-0.3, -0.25) is 0 Å². The van der Waals surface area contributed by atoms with Gasteiger partial charge in [-0.2, -0.15) is 0 Å². The van der Waals surface area contributed by atoms with E-state index in [1.165, 1.54) is 39.5 Å². The summed E-state index contributed by atoms with van der Waals surface area (Å²) in [5.74, 6) is -1.46. The van der Waals surface area contributed by atoms with Gasteiger partial charge in [-0.05, 0) is 18.2 Å². The monoisotopic (exact) mass is 312 g/mol. The van der Waals surface area contributed by atoms with E-state index in [4.69, 9.17) is 9.47 Å². The predicted molar refractivity (Wildman–Crippen MR) is 72.8 cm³/mol. The number of carbonyl (C=O) groups is 3. The summed E-state index contributed by atoms with van der Waals surface area (Å²) >= 11 is 0. The second-order valence-corrected chi connectivity index (χ2v) is 3.88. The Labute approximate surface area is 126 Å². The van der Waals surface area contributed by atoms with Crippen LogP contribution in [0.15, 0.2) is 18.2 Å². The van der Waals surface area contributed by atoms with Crippen LogP contribution in [0.3, 0.4) is 0 Å². The normalized spacial score (nSPS) is 9.59. The second-order valence-electron chi connectivity index (χ2n) is 3.88. The van der Waals surface area contributed by atoms with Gasteiger partial charge in [0.25, 0.3) is 0 Å². The lowest BCUT2D eigenvalue weighted by atomic mass is 10.2. The Bertz CT molecular complexity index is 552. The molecule has 0 atom stereocenters. The van der Waals surface area contributed by atoms with E-state index in [1.807, 2.05) is 0 Å². The molecular weight excluding hydrogens is 296 g/mol. The van der Waals surface area contributed by atoms with E-state index < -0.39 is 17.9 Å². The molecule has 0 bridgehead atoms. The van der Waals surface area contributed by atoms with E-state index in [1.54, 1.807) is 0 Å². The van der Waals surface area contributed by atoms with Gasteiger partial charge in [-0.25, -0.2) is 14.4 Å². The molecule has 22 heavy (non-hydrogen) atoms. The number of hydrogen-bond acceptors (Lipinski definition) is 8. The summed E-state index contributed by atoms with van der Waals surface area (Å²) in [6, 6.07) is 4.23. The fraction of sp³-hybridized carbons (Fsp3) is 0.357. The van der Waals surface area contributed by atoms with E-state index in [0.29, 0.717) is 0 Å². The zero-order chi connectivity index (χ0) is 16.5.